The number of hydrogen-bond donors (Lipinski definition) is 1. The molecule has 0 saturated carbocycles. The normalized spacial score (nSPS) is 13.7. The Morgan fingerprint density at radius 3 is 2.65 bits per heavy atom. The predicted octanol–water partition coefficient (Wildman–Crippen LogP) is 3.10. The first-order valence-corrected chi connectivity index (χ1v) is 6.22. The van der Waals surface area contributed by atoms with Gasteiger partial charge in [-0.3, -0.25) is 0 Å². The number of aryl methyl sites for hydroxylation is 1. The lowest BCUT2D eigenvalue weighted by Crippen LogP contribution is -2.25. The van der Waals surface area contributed by atoms with Crippen LogP contribution in [-0.2, 0) is 11.2 Å². The van der Waals surface area contributed by atoms with Crippen molar-refractivity contribution in [3.05, 3.63) is 35.4 Å². The topological polar surface area (TPSA) is 29.5 Å². The van der Waals surface area contributed by atoms with Crippen LogP contribution in [0.15, 0.2) is 24.3 Å². The molecule has 0 aliphatic carbocycles. The molecular weight excluding hydrogens is 212 g/mol. The highest BCUT2D eigenvalue weighted by molar-refractivity contribution is 5.22. The van der Waals surface area contributed by atoms with Gasteiger partial charge in [0, 0.05) is 7.11 Å². The summed E-state index contributed by atoms with van der Waals surface area (Å²) in [6, 6.07) is 8.31. The Morgan fingerprint density at radius 1 is 1.35 bits per heavy atom. The van der Waals surface area contributed by atoms with Crippen LogP contribution < -0.4 is 0 Å². The van der Waals surface area contributed by atoms with E-state index >= 15 is 0 Å². The minimum absolute atomic E-state index is 0.145. The number of benzene rings is 1. The zero-order chi connectivity index (χ0) is 12.9. The van der Waals surface area contributed by atoms with E-state index in [1.807, 2.05) is 19.9 Å². The van der Waals surface area contributed by atoms with E-state index < -0.39 is 0 Å². The van der Waals surface area contributed by atoms with Gasteiger partial charge in [0.2, 0.25) is 0 Å². The van der Waals surface area contributed by atoms with Crippen LogP contribution in [0.4, 0.5) is 0 Å². The Labute approximate surface area is 105 Å². The van der Waals surface area contributed by atoms with Gasteiger partial charge >= 0.3 is 0 Å². The van der Waals surface area contributed by atoms with E-state index in [0.29, 0.717) is 0 Å². The summed E-state index contributed by atoms with van der Waals surface area (Å²) >= 11 is 0. The van der Waals surface area contributed by atoms with Crippen molar-refractivity contribution in [2.75, 3.05) is 7.11 Å². The maximum absolute atomic E-state index is 10.00. The molecule has 1 aromatic carbocycles. The van der Waals surface area contributed by atoms with E-state index in [4.69, 9.17) is 4.74 Å². The first kappa shape index (κ1) is 14.2. The maximum Gasteiger partial charge on any atom is 0.0623 e. The van der Waals surface area contributed by atoms with Crippen LogP contribution in [-0.4, -0.2) is 23.9 Å². The summed E-state index contributed by atoms with van der Waals surface area (Å²) in [6.45, 7) is 6.17. The predicted molar refractivity (Wildman–Crippen MR) is 71.2 cm³/mol. The molecule has 2 heteroatoms. The lowest BCUT2D eigenvalue weighted by atomic mass is 9.96. The number of ether oxygens (including phenoxy) is 1. The summed E-state index contributed by atoms with van der Waals surface area (Å²) in [7, 11) is 1.72. The number of aliphatic hydroxyl groups is 1. The van der Waals surface area contributed by atoms with Crippen LogP contribution in [0.2, 0.25) is 0 Å². The minimum Gasteiger partial charge on any atom is -0.393 e. The molecule has 0 saturated heterocycles. The molecule has 1 atom stereocenters. The minimum atomic E-state index is -0.286. The smallest absolute Gasteiger partial charge is 0.0623 e. The molecule has 0 aromatic heterocycles. The van der Waals surface area contributed by atoms with Crippen molar-refractivity contribution < 1.29 is 9.84 Å². The van der Waals surface area contributed by atoms with Crippen LogP contribution in [0.1, 0.15) is 37.8 Å². The Kier molecular flexibility index (Phi) is 5.16. The molecule has 0 heterocycles. The zero-order valence-corrected chi connectivity index (χ0v) is 11.4. The van der Waals surface area contributed by atoms with Gasteiger partial charge in [0.1, 0.15) is 0 Å². The summed E-state index contributed by atoms with van der Waals surface area (Å²) in [4.78, 5) is 0. The molecule has 0 aliphatic rings. The molecule has 0 amide bonds. The standard InChI is InChI=1S/C15H24O2/c1-12-6-5-7-13(10-12)11-14(16)8-9-15(2,3)17-4/h5-7,10,14,16H,8-9,11H2,1-4H3. The second kappa shape index (κ2) is 6.18. The number of aliphatic hydroxyl groups excluding tert-OH is 1. The molecule has 96 valence electrons. The molecule has 0 aliphatic heterocycles. The zero-order valence-electron chi connectivity index (χ0n) is 11.4. The molecule has 0 spiro atoms. The van der Waals surface area contributed by atoms with Crippen molar-refractivity contribution in [2.45, 2.75) is 51.7 Å². The molecule has 0 bridgehead atoms. The summed E-state index contributed by atoms with van der Waals surface area (Å²) in [6.07, 6.45) is 2.08. The summed E-state index contributed by atoms with van der Waals surface area (Å²) < 4.78 is 5.35. The molecule has 1 unspecified atom stereocenters. The molecule has 1 aromatic rings. The van der Waals surface area contributed by atoms with Gasteiger partial charge in [-0.05, 0) is 45.6 Å². The highest BCUT2D eigenvalue weighted by atomic mass is 16.5. The second-order valence-corrected chi connectivity index (χ2v) is 5.35. The van der Waals surface area contributed by atoms with E-state index in [1.165, 1.54) is 11.1 Å². The highest BCUT2D eigenvalue weighted by Gasteiger charge is 2.18. The van der Waals surface area contributed by atoms with Crippen molar-refractivity contribution in [1.82, 2.24) is 0 Å². The van der Waals surface area contributed by atoms with Gasteiger partial charge in [0.15, 0.2) is 0 Å². The largest absolute Gasteiger partial charge is 0.393 e. The molecule has 2 nitrogen and oxygen atoms in total. The number of methoxy groups -OCH3 is 1. The first-order valence-electron chi connectivity index (χ1n) is 6.22. The second-order valence-electron chi connectivity index (χ2n) is 5.35. The molecule has 1 rings (SSSR count). The lowest BCUT2D eigenvalue weighted by Gasteiger charge is -2.24. The van der Waals surface area contributed by atoms with Crippen molar-refractivity contribution in [2.24, 2.45) is 0 Å². The first-order chi connectivity index (χ1) is 7.93. The van der Waals surface area contributed by atoms with Crippen LogP contribution in [0, 0.1) is 6.92 Å². The number of hydrogen-bond acceptors (Lipinski definition) is 2. The van der Waals surface area contributed by atoms with Gasteiger partial charge in [-0.25, -0.2) is 0 Å². The Bertz CT molecular complexity index is 345. The lowest BCUT2D eigenvalue weighted by molar-refractivity contribution is 0.00306. The van der Waals surface area contributed by atoms with Gasteiger partial charge in [-0.1, -0.05) is 29.8 Å². The van der Waals surface area contributed by atoms with Gasteiger partial charge in [-0.15, -0.1) is 0 Å². The van der Waals surface area contributed by atoms with Crippen molar-refractivity contribution in [1.29, 1.82) is 0 Å². The van der Waals surface area contributed by atoms with Crippen LogP contribution in [0.3, 0.4) is 0 Å². The van der Waals surface area contributed by atoms with E-state index in [0.717, 1.165) is 19.3 Å². The third kappa shape index (κ3) is 5.33. The van der Waals surface area contributed by atoms with E-state index in [9.17, 15) is 5.11 Å². The summed E-state index contributed by atoms with van der Waals surface area (Å²) in [5.74, 6) is 0. The van der Waals surface area contributed by atoms with Crippen molar-refractivity contribution in [3.8, 4) is 0 Å². The maximum atomic E-state index is 10.00. The quantitative estimate of drug-likeness (QED) is 0.822. The molecule has 0 radical (unpaired) electrons. The van der Waals surface area contributed by atoms with Gasteiger partial charge < -0.3 is 9.84 Å². The van der Waals surface area contributed by atoms with Gasteiger partial charge in [-0.2, -0.15) is 0 Å². The third-order valence-corrected chi connectivity index (χ3v) is 3.19. The van der Waals surface area contributed by atoms with E-state index in [2.05, 4.69) is 25.1 Å². The average molecular weight is 236 g/mol. The Hall–Kier alpha value is -0.860. The fourth-order valence-corrected chi connectivity index (χ4v) is 1.83. The SMILES string of the molecule is COC(C)(C)CCC(O)Cc1cccc(C)c1. The fourth-order valence-electron chi connectivity index (χ4n) is 1.83. The third-order valence-electron chi connectivity index (χ3n) is 3.19. The van der Waals surface area contributed by atoms with E-state index in [1.54, 1.807) is 7.11 Å². The Morgan fingerprint density at radius 2 is 2.06 bits per heavy atom. The van der Waals surface area contributed by atoms with Crippen LogP contribution >= 0.6 is 0 Å². The monoisotopic (exact) mass is 236 g/mol. The highest BCUT2D eigenvalue weighted by Crippen LogP contribution is 2.18. The van der Waals surface area contributed by atoms with Crippen LogP contribution in [0.5, 0.6) is 0 Å². The van der Waals surface area contributed by atoms with Gasteiger partial charge in [0.05, 0.1) is 11.7 Å². The number of rotatable bonds is 6. The summed E-state index contributed by atoms with van der Waals surface area (Å²) in [5.41, 5.74) is 2.30. The fraction of sp³-hybridized carbons (Fsp3) is 0.600. The van der Waals surface area contributed by atoms with Crippen LogP contribution in [0.25, 0.3) is 0 Å². The Balaban J connectivity index is 2.42. The summed E-state index contributed by atoms with van der Waals surface area (Å²) in [5, 5.41) is 10.00. The molecule has 0 fully saturated rings. The molecule has 17 heavy (non-hydrogen) atoms. The average Bonchev–Trinajstić information content (AvgIpc) is 2.27. The van der Waals surface area contributed by atoms with Crippen molar-refractivity contribution >= 4 is 0 Å². The van der Waals surface area contributed by atoms with Crippen molar-refractivity contribution in [3.63, 3.8) is 0 Å². The van der Waals surface area contributed by atoms with Gasteiger partial charge in [0.25, 0.3) is 0 Å². The molecule has 1 N–H and O–H groups in total. The molecular formula is C15H24O2. The van der Waals surface area contributed by atoms with E-state index in [-0.39, 0.29) is 11.7 Å².